The van der Waals surface area contributed by atoms with E-state index in [-0.39, 0.29) is 5.91 Å². The number of aryl methyl sites for hydroxylation is 2. The topological polar surface area (TPSA) is 70.7 Å². The molecule has 0 spiro atoms. The number of aromatic nitrogens is 2. The van der Waals surface area contributed by atoms with E-state index in [1.165, 1.54) is 0 Å². The van der Waals surface area contributed by atoms with Crippen LogP contribution < -0.4 is 5.32 Å². The van der Waals surface area contributed by atoms with E-state index < -0.39 is 0 Å². The average molecular weight is 347 g/mol. The quantitative estimate of drug-likeness (QED) is 0.924. The summed E-state index contributed by atoms with van der Waals surface area (Å²) in [6, 6.07) is 8.90. The van der Waals surface area contributed by atoms with Gasteiger partial charge in [-0.05, 0) is 48.0 Å². The van der Waals surface area contributed by atoms with Gasteiger partial charge in [0.15, 0.2) is 0 Å². The molecule has 0 aliphatic rings. The third kappa shape index (κ3) is 3.70. The number of carbonyl (C=O) groups excluding carboxylic acids is 1. The lowest BCUT2D eigenvalue weighted by molar-refractivity contribution is -0.116. The maximum absolute atomic E-state index is 11.9. The van der Waals surface area contributed by atoms with E-state index in [0.29, 0.717) is 24.2 Å². The summed E-state index contributed by atoms with van der Waals surface area (Å²) in [5, 5.41) is 16.0. The van der Waals surface area contributed by atoms with Crippen LogP contribution in [0.4, 0.5) is 5.69 Å². The van der Waals surface area contributed by atoms with Crippen LogP contribution in [0.3, 0.4) is 0 Å². The van der Waals surface area contributed by atoms with Crippen molar-refractivity contribution in [2.45, 2.75) is 26.8 Å². The summed E-state index contributed by atoms with van der Waals surface area (Å²) in [5.41, 5.74) is 3.07. The lowest BCUT2D eigenvalue weighted by Gasteiger charge is -2.07. The summed E-state index contributed by atoms with van der Waals surface area (Å²) in [7, 11) is 0. The van der Waals surface area contributed by atoms with Crippen molar-refractivity contribution in [3.05, 3.63) is 45.7 Å². The normalized spacial score (nSPS) is 10.2. The van der Waals surface area contributed by atoms with Crippen LogP contribution >= 0.6 is 15.9 Å². The molecular formula is C15H15BrN4O. The number of nitrogens with one attached hydrogen (secondary N) is 1. The Labute approximate surface area is 131 Å². The molecule has 1 amide bonds. The fourth-order valence-electron chi connectivity index (χ4n) is 1.99. The van der Waals surface area contributed by atoms with E-state index in [2.05, 4.69) is 26.3 Å². The van der Waals surface area contributed by atoms with E-state index in [0.717, 1.165) is 15.9 Å². The molecule has 2 rings (SSSR count). The number of amides is 1. The van der Waals surface area contributed by atoms with Gasteiger partial charge in [0.05, 0.1) is 28.3 Å². The molecule has 108 valence electrons. The Bertz CT molecular complexity index is 715. The molecule has 0 atom stereocenters. The molecule has 0 aliphatic heterocycles. The minimum atomic E-state index is -0.103. The molecule has 1 aromatic carbocycles. The summed E-state index contributed by atoms with van der Waals surface area (Å²) < 4.78 is 2.79. The second-order valence-corrected chi connectivity index (χ2v) is 5.49. The Morgan fingerprint density at radius 1 is 1.48 bits per heavy atom. The number of benzene rings is 1. The highest BCUT2D eigenvalue weighted by Crippen LogP contribution is 2.20. The number of nitriles is 1. The molecule has 0 unspecified atom stereocenters. The predicted molar refractivity (Wildman–Crippen MR) is 83.8 cm³/mol. The molecular weight excluding hydrogens is 332 g/mol. The molecule has 6 heteroatoms. The fourth-order valence-corrected chi connectivity index (χ4v) is 2.27. The molecule has 1 N–H and O–H groups in total. The number of rotatable bonds is 4. The second-order valence-electron chi connectivity index (χ2n) is 4.70. The van der Waals surface area contributed by atoms with Crippen LogP contribution in [0.2, 0.25) is 0 Å². The van der Waals surface area contributed by atoms with Crippen LogP contribution in [-0.2, 0) is 11.3 Å². The molecule has 1 heterocycles. The van der Waals surface area contributed by atoms with Crippen molar-refractivity contribution in [2.75, 3.05) is 5.32 Å². The van der Waals surface area contributed by atoms with Gasteiger partial charge in [0.25, 0.3) is 0 Å². The van der Waals surface area contributed by atoms with Gasteiger partial charge in [-0.15, -0.1) is 0 Å². The van der Waals surface area contributed by atoms with Crippen molar-refractivity contribution in [1.82, 2.24) is 9.78 Å². The van der Waals surface area contributed by atoms with Crippen LogP contribution in [0.1, 0.15) is 23.4 Å². The number of nitrogens with zero attached hydrogens (tertiary/aromatic N) is 3. The Morgan fingerprint density at radius 2 is 2.24 bits per heavy atom. The summed E-state index contributed by atoms with van der Waals surface area (Å²) in [4.78, 5) is 11.9. The molecule has 2 aromatic rings. The highest BCUT2D eigenvalue weighted by Gasteiger charge is 2.10. The number of hydrogen-bond donors (Lipinski definition) is 1. The minimum Gasteiger partial charge on any atom is -0.326 e. The molecule has 0 saturated carbocycles. The third-order valence-corrected chi connectivity index (χ3v) is 4.27. The largest absolute Gasteiger partial charge is 0.326 e. The fraction of sp³-hybridized carbons (Fsp3) is 0.267. The first kappa shape index (κ1) is 15.3. The summed E-state index contributed by atoms with van der Waals surface area (Å²) in [6.45, 7) is 4.39. The number of hydrogen-bond acceptors (Lipinski definition) is 3. The smallest absolute Gasteiger partial charge is 0.226 e. The Kier molecular flexibility index (Phi) is 4.76. The van der Waals surface area contributed by atoms with Gasteiger partial charge in [-0.3, -0.25) is 9.48 Å². The SMILES string of the molecule is Cc1nn(CCC(=O)Nc2cccc(C#N)c2)c(C)c1Br. The molecule has 0 aliphatic carbocycles. The van der Waals surface area contributed by atoms with Gasteiger partial charge in [-0.2, -0.15) is 10.4 Å². The maximum Gasteiger partial charge on any atom is 0.226 e. The zero-order valence-corrected chi connectivity index (χ0v) is 13.4. The van der Waals surface area contributed by atoms with Gasteiger partial charge in [-0.1, -0.05) is 6.07 Å². The van der Waals surface area contributed by atoms with Crippen molar-refractivity contribution in [3.8, 4) is 6.07 Å². The molecule has 1 aromatic heterocycles. The van der Waals surface area contributed by atoms with Crippen molar-refractivity contribution >= 4 is 27.5 Å². The summed E-state index contributed by atoms with van der Waals surface area (Å²) in [6.07, 6.45) is 0.325. The van der Waals surface area contributed by atoms with Crippen molar-refractivity contribution in [2.24, 2.45) is 0 Å². The highest BCUT2D eigenvalue weighted by atomic mass is 79.9. The van der Waals surface area contributed by atoms with Gasteiger partial charge in [0.2, 0.25) is 5.91 Å². The van der Waals surface area contributed by atoms with Gasteiger partial charge >= 0.3 is 0 Å². The summed E-state index contributed by atoms with van der Waals surface area (Å²) >= 11 is 3.46. The van der Waals surface area contributed by atoms with E-state index >= 15 is 0 Å². The van der Waals surface area contributed by atoms with Crippen molar-refractivity contribution in [1.29, 1.82) is 5.26 Å². The summed E-state index contributed by atoms with van der Waals surface area (Å²) in [5.74, 6) is -0.103. The van der Waals surface area contributed by atoms with Crippen LogP contribution in [0, 0.1) is 25.2 Å². The maximum atomic E-state index is 11.9. The number of anilines is 1. The van der Waals surface area contributed by atoms with Gasteiger partial charge in [0, 0.05) is 17.8 Å². The highest BCUT2D eigenvalue weighted by molar-refractivity contribution is 9.10. The number of carbonyl (C=O) groups is 1. The molecule has 0 bridgehead atoms. The van der Waals surface area contributed by atoms with Gasteiger partial charge in [-0.25, -0.2) is 0 Å². The second kappa shape index (κ2) is 6.55. The molecule has 0 radical (unpaired) electrons. The third-order valence-electron chi connectivity index (χ3n) is 3.12. The molecule has 0 saturated heterocycles. The zero-order chi connectivity index (χ0) is 15.4. The molecule has 5 nitrogen and oxygen atoms in total. The van der Waals surface area contributed by atoms with Crippen molar-refractivity contribution in [3.63, 3.8) is 0 Å². The van der Waals surface area contributed by atoms with Crippen LogP contribution in [0.15, 0.2) is 28.7 Å². The lowest BCUT2D eigenvalue weighted by Crippen LogP contribution is -2.15. The van der Waals surface area contributed by atoms with Crippen LogP contribution in [0.5, 0.6) is 0 Å². The number of halogens is 1. The van der Waals surface area contributed by atoms with E-state index in [1.807, 2.05) is 24.6 Å². The zero-order valence-electron chi connectivity index (χ0n) is 11.9. The standard InChI is InChI=1S/C15H15BrN4O/c1-10-15(16)11(2)20(19-10)7-6-14(21)18-13-5-3-4-12(8-13)9-17/h3-5,8H,6-7H2,1-2H3,(H,18,21). The monoisotopic (exact) mass is 346 g/mol. The van der Waals surface area contributed by atoms with Crippen LogP contribution in [-0.4, -0.2) is 15.7 Å². The first-order chi connectivity index (χ1) is 10.0. The van der Waals surface area contributed by atoms with Gasteiger partial charge in [0.1, 0.15) is 0 Å². The van der Waals surface area contributed by atoms with Crippen LogP contribution in [0.25, 0.3) is 0 Å². The Morgan fingerprint density at radius 3 is 2.86 bits per heavy atom. The van der Waals surface area contributed by atoms with E-state index in [1.54, 1.807) is 24.3 Å². The first-order valence-electron chi connectivity index (χ1n) is 6.51. The molecule has 21 heavy (non-hydrogen) atoms. The Hall–Kier alpha value is -2.13. The van der Waals surface area contributed by atoms with Crippen molar-refractivity contribution < 1.29 is 4.79 Å². The van der Waals surface area contributed by atoms with Gasteiger partial charge < -0.3 is 5.32 Å². The lowest BCUT2D eigenvalue weighted by atomic mass is 10.2. The Balaban J connectivity index is 1.96. The average Bonchev–Trinajstić information content (AvgIpc) is 2.72. The van der Waals surface area contributed by atoms with E-state index in [9.17, 15) is 4.79 Å². The molecule has 0 fully saturated rings. The first-order valence-corrected chi connectivity index (χ1v) is 7.30. The minimum absolute atomic E-state index is 0.103. The van der Waals surface area contributed by atoms with E-state index in [4.69, 9.17) is 5.26 Å². The predicted octanol–water partition coefficient (Wildman–Crippen LogP) is 3.16.